The average Bonchev–Trinajstić information content (AvgIpc) is 2.47. The first kappa shape index (κ1) is 15.8. The summed E-state index contributed by atoms with van der Waals surface area (Å²) < 4.78 is 10.8. The van der Waals surface area contributed by atoms with E-state index in [0.29, 0.717) is 0 Å². The second-order valence-electron chi connectivity index (χ2n) is 5.24. The quantitative estimate of drug-likeness (QED) is 0.784. The largest absolute Gasteiger partial charge is 0.497 e. The Morgan fingerprint density at radius 2 is 1.05 bits per heavy atom. The topological polar surface area (TPSA) is 18.5 Å². The van der Waals surface area contributed by atoms with Gasteiger partial charge < -0.3 is 9.47 Å². The molecule has 2 aromatic rings. The molecule has 0 atom stereocenters. The van der Waals surface area contributed by atoms with E-state index in [0.717, 1.165) is 11.5 Å². The van der Waals surface area contributed by atoms with Gasteiger partial charge in [0.05, 0.1) is 14.2 Å². The summed E-state index contributed by atoms with van der Waals surface area (Å²) in [5, 5.41) is 0. The fourth-order valence-electron chi connectivity index (χ4n) is 2.16. The molecule has 112 valence electrons. The number of ether oxygens (including phenoxy) is 2. The van der Waals surface area contributed by atoms with Gasteiger partial charge in [-0.05, 0) is 74.2 Å². The van der Waals surface area contributed by atoms with Crippen LogP contribution in [0.5, 0.6) is 11.5 Å². The van der Waals surface area contributed by atoms with Gasteiger partial charge in [0.25, 0.3) is 0 Å². The molecular weight excluding hydrogens is 280 g/mol. The van der Waals surface area contributed by atoms with Crippen molar-refractivity contribution < 1.29 is 9.47 Å². The molecule has 0 amide bonds. The molecule has 0 heterocycles. The van der Waals surface area contributed by atoms with Crippen LogP contribution in [0.15, 0.2) is 34.1 Å². The maximum atomic E-state index is 5.39. The van der Waals surface area contributed by atoms with E-state index in [1.807, 2.05) is 0 Å². The standard InChI is InChI=1S/C18H22O2S/c1-11-7-15(19-5)9-17(13(11)3)21-18-10-16(20-6)8-12(2)14(18)4/h7-10H,1-6H3. The molecule has 2 aromatic carbocycles. The Hall–Kier alpha value is -1.61. The van der Waals surface area contributed by atoms with Crippen LogP contribution in [0, 0.1) is 27.7 Å². The van der Waals surface area contributed by atoms with Gasteiger partial charge in [-0.15, -0.1) is 0 Å². The average molecular weight is 302 g/mol. The minimum atomic E-state index is 0.901. The highest BCUT2D eigenvalue weighted by Crippen LogP contribution is 2.38. The van der Waals surface area contributed by atoms with Crippen molar-refractivity contribution in [2.45, 2.75) is 37.5 Å². The number of rotatable bonds is 4. The van der Waals surface area contributed by atoms with Gasteiger partial charge >= 0.3 is 0 Å². The first-order valence-corrected chi connectivity index (χ1v) is 7.76. The monoisotopic (exact) mass is 302 g/mol. The summed E-state index contributed by atoms with van der Waals surface area (Å²) in [6, 6.07) is 8.34. The third-order valence-electron chi connectivity index (χ3n) is 3.88. The summed E-state index contributed by atoms with van der Waals surface area (Å²) in [6.07, 6.45) is 0. The molecule has 0 aromatic heterocycles. The van der Waals surface area contributed by atoms with Gasteiger partial charge in [-0.3, -0.25) is 0 Å². The zero-order valence-electron chi connectivity index (χ0n) is 13.5. The van der Waals surface area contributed by atoms with Gasteiger partial charge in [0.1, 0.15) is 11.5 Å². The molecule has 21 heavy (non-hydrogen) atoms. The Balaban J connectivity index is 2.47. The Morgan fingerprint density at radius 1 is 0.667 bits per heavy atom. The van der Waals surface area contributed by atoms with Crippen molar-refractivity contribution in [2.24, 2.45) is 0 Å². The summed E-state index contributed by atoms with van der Waals surface area (Å²) in [5.74, 6) is 1.80. The Bertz CT molecular complexity index is 605. The van der Waals surface area contributed by atoms with E-state index in [1.54, 1.807) is 26.0 Å². The number of hydrogen-bond donors (Lipinski definition) is 0. The van der Waals surface area contributed by atoms with Crippen molar-refractivity contribution in [3.8, 4) is 11.5 Å². The third-order valence-corrected chi connectivity index (χ3v) is 5.17. The van der Waals surface area contributed by atoms with Crippen LogP contribution in [0.1, 0.15) is 22.3 Å². The highest BCUT2D eigenvalue weighted by molar-refractivity contribution is 7.99. The molecule has 0 aliphatic heterocycles. The normalized spacial score (nSPS) is 10.6. The Morgan fingerprint density at radius 3 is 1.38 bits per heavy atom. The van der Waals surface area contributed by atoms with E-state index in [-0.39, 0.29) is 0 Å². The zero-order valence-corrected chi connectivity index (χ0v) is 14.4. The third kappa shape index (κ3) is 3.35. The van der Waals surface area contributed by atoms with Gasteiger partial charge in [-0.1, -0.05) is 11.8 Å². The van der Waals surface area contributed by atoms with E-state index in [9.17, 15) is 0 Å². The van der Waals surface area contributed by atoms with E-state index in [2.05, 4.69) is 52.0 Å². The van der Waals surface area contributed by atoms with E-state index >= 15 is 0 Å². The molecule has 0 fully saturated rings. The van der Waals surface area contributed by atoms with Crippen LogP contribution in [0.25, 0.3) is 0 Å². The predicted octanol–water partition coefficient (Wildman–Crippen LogP) is 5.09. The van der Waals surface area contributed by atoms with Crippen LogP contribution in [-0.4, -0.2) is 14.2 Å². The van der Waals surface area contributed by atoms with Crippen LogP contribution in [-0.2, 0) is 0 Å². The number of benzene rings is 2. The van der Waals surface area contributed by atoms with Crippen LogP contribution in [0.3, 0.4) is 0 Å². The lowest BCUT2D eigenvalue weighted by atomic mass is 10.1. The summed E-state index contributed by atoms with van der Waals surface area (Å²) in [4.78, 5) is 2.45. The van der Waals surface area contributed by atoms with E-state index in [1.165, 1.54) is 32.0 Å². The molecule has 0 aliphatic carbocycles. The molecule has 2 rings (SSSR count). The lowest BCUT2D eigenvalue weighted by Crippen LogP contribution is -1.93. The molecule has 0 unspecified atom stereocenters. The molecule has 0 radical (unpaired) electrons. The minimum absolute atomic E-state index is 0.901. The summed E-state index contributed by atoms with van der Waals surface area (Å²) in [6.45, 7) is 8.54. The molecule has 3 heteroatoms. The number of aryl methyl sites for hydroxylation is 2. The fraction of sp³-hybridized carbons (Fsp3) is 0.333. The van der Waals surface area contributed by atoms with Crippen LogP contribution in [0.4, 0.5) is 0 Å². The molecule has 0 spiro atoms. The van der Waals surface area contributed by atoms with Crippen LogP contribution >= 0.6 is 11.8 Å². The van der Waals surface area contributed by atoms with Gasteiger partial charge in [0.2, 0.25) is 0 Å². The second-order valence-corrected chi connectivity index (χ2v) is 6.32. The van der Waals surface area contributed by atoms with Crippen LogP contribution < -0.4 is 9.47 Å². The summed E-state index contributed by atoms with van der Waals surface area (Å²) >= 11 is 1.77. The molecule has 0 bridgehead atoms. The zero-order chi connectivity index (χ0) is 15.6. The van der Waals surface area contributed by atoms with Gasteiger partial charge in [-0.25, -0.2) is 0 Å². The van der Waals surface area contributed by atoms with Crippen LogP contribution in [0.2, 0.25) is 0 Å². The van der Waals surface area contributed by atoms with Gasteiger partial charge in [0, 0.05) is 9.79 Å². The molecule has 2 nitrogen and oxygen atoms in total. The first-order chi connectivity index (χ1) is 9.96. The summed E-state index contributed by atoms with van der Waals surface area (Å²) in [7, 11) is 3.42. The molecule has 0 aliphatic rings. The smallest absolute Gasteiger partial charge is 0.120 e. The van der Waals surface area contributed by atoms with E-state index in [4.69, 9.17) is 9.47 Å². The highest BCUT2D eigenvalue weighted by Gasteiger charge is 2.11. The maximum absolute atomic E-state index is 5.39. The van der Waals surface area contributed by atoms with Gasteiger partial charge in [-0.2, -0.15) is 0 Å². The van der Waals surface area contributed by atoms with Crippen molar-refractivity contribution in [1.29, 1.82) is 0 Å². The van der Waals surface area contributed by atoms with Crippen molar-refractivity contribution in [1.82, 2.24) is 0 Å². The van der Waals surface area contributed by atoms with Gasteiger partial charge in [0.15, 0.2) is 0 Å². The van der Waals surface area contributed by atoms with Crippen molar-refractivity contribution >= 4 is 11.8 Å². The first-order valence-electron chi connectivity index (χ1n) is 6.94. The lowest BCUT2D eigenvalue weighted by molar-refractivity contribution is 0.413. The molecule has 0 N–H and O–H groups in total. The SMILES string of the molecule is COc1cc(C)c(C)c(Sc2cc(OC)cc(C)c2C)c1. The van der Waals surface area contributed by atoms with Crippen molar-refractivity contribution in [2.75, 3.05) is 14.2 Å². The molecular formula is C18H22O2S. The minimum Gasteiger partial charge on any atom is -0.497 e. The summed E-state index contributed by atoms with van der Waals surface area (Å²) in [5.41, 5.74) is 5.07. The lowest BCUT2D eigenvalue weighted by Gasteiger charge is -2.14. The Kier molecular flexibility index (Phi) is 4.84. The Labute approximate surface area is 131 Å². The second kappa shape index (κ2) is 6.44. The van der Waals surface area contributed by atoms with Crippen molar-refractivity contribution in [3.63, 3.8) is 0 Å². The predicted molar refractivity (Wildman–Crippen MR) is 89.1 cm³/mol. The van der Waals surface area contributed by atoms with E-state index < -0.39 is 0 Å². The molecule has 0 saturated carbocycles. The number of methoxy groups -OCH3 is 2. The van der Waals surface area contributed by atoms with Crippen molar-refractivity contribution in [3.05, 3.63) is 46.5 Å². The maximum Gasteiger partial charge on any atom is 0.120 e. The fourth-order valence-corrected chi connectivity index (χ4v) is 3.37. The highest BCUT2D eigenvalue weighted by atomic mass is 32.2. The molecule has 0 saturated heterocycles. The number of hydrogen-bond acceptors (Lipinski definition) is 3.